The Hall–Kier alpha value is -4.03. The first-order chi connectivity index (χ1) is 21.5. The first kappa shape index (κ1) is 29.7. The maximum atomic E-state index is 14.1. The molecule has 3 amide bonds. The number of anilines is 3. The number of amides is 3. The number of rotatable bonds is 5. The van der Waals surface area contributed by atoms with Crippen LogP contribution in [0.4, 0.5) is 17.1 Å². The van der Waals surface area contributed by atoms with E-state index < -0.39 is 31.5 Å². The van der Waals surface area contributed by atoms with E-state index in [9.17, 15) is 24.3 Å². The molecule has 3 aromatic rings. The lowest BCUT2D eigenvalue weighted by Gasteiger charge is -2.32. The van der Waals surface area contributed by atoms with Gasteiger partial charge in [-0.25, -0.2) is 0 Å². The molecule has 0 aromatic heterocycles. The van der Waals surface area contributed by atoms with Crippen molar-refractivity contribution in [3.63, 3.8) is 0 Å². The molecule has 4 aliphatic rings. The third kappa shape index (κ3) is 4.60. The van der Waals surface area contributed by atoms with Gasteiger partial charge >= 0.3 is 0 Å². The number of hydrogen-bond donors (Lipinski definition) is 3. The van der Waals surface area contributed by atoms with Crippen LogP contribution >= 0.6 is 0 Å². The van der Waals surface area contributed by atoms with Crippen LogP contribution in [-0.2, 0) is 19.9 Å². The molecule has 11 heteroatoms. The molecule has 2 saturated heterocycles. The van der Waals surface area contributed by atoms with Gasteiger partial charge in [-0.2, -0.15) is 0 Å². The van der Waals surface area contributed by atoms with Gasteiger partial charge in [-0.3, -0.25) is 19.3 Å². The van der Waals surface area contributed by atoms with Crippen LogP contribution in [-0.4, -0.2) is 66.1 Å². The van der Waals surface area contributed by atoms with Crippen molar-refractivity contribution >= 4 is 43.1 Å². The van der Waals surface area contributed by atoms with Crippen molar-refractivity contribution < 1.29 is 33.8 Å². The number of carbonyl (C=O) groups excluding carboxylic acids is 3. The molecule has 3 aromatic carbocycles. The minimum Gasteiger partial charge on any atom is -0.454 e. The number of likely N-dealkylation sites (tertiary alicyclic amines) is 1. The van der Waals surface area contributed by atoms with E-state index in [4.69, 9.17) is 9.47 Å². The van der Waals surface area contributed by atoms with E-state index in [1.54, 1.807) is 40.1 Å². The number of hydrogen-bond acceptors (Lipinski definition) is 7. The lowest BCUT2D eigenvalue weighted by molar-refractivity contribution is -0.148. The van der Waals surface area contributed by atoms with Crippen molar-refractivity contribution in [1.29, 1.82) is 0 Å². The zero-order valence-corrected chi connectivity index (χ0v) is 26.5. The van der Waals surface area contributed by atoms with E-state index in [-0.39, 0.29) is 36.8 Å². The summed E-state index contributed by atoms with van der Waals surface area (Å²) in [6, 6.07) is 19.5. The molecule has 234 valence electrons. The highest BCUT2D eigenvalue weighted by molar-refractivity contribution is 6.71. The molecule has 7 rings (SSSR count). The minimum atomic E-state index is -2.98. The number of aliphatic hydroxyl groups excluding tert-OH is 1. The topological polar surface area (TPSA) is 129 Å². The fraction of sp³-hybridized carbons (Fsp3) is 0.382. The predicted molar refractivity (Wildman–Crippen MR) is 170 cm³/mol. The number of aliphatic hydroxyl groups is 1. The molecule has 0 radical (unpaired) electrons. The summed E-state index contributed by atoms with van der Waals surface area (Å²) in [6.45, 7) is 5.99. The third-order valence-corrected chi connectivity index (χ3v) is 12.4. The van der Waals surface area contributed by atoms with Crippen molar-refractivity contribution in [3.05, 3.63) is 77.9 Å². The number of carbonyl (C=O) groups is 3. The van der Waals surface area contributed by atoms with E-state index >= 15 is 0 Å². The maximum Gasteiger partial charge on any atom is 0.266 e. The molecule has 0 saturated carbocycles. The van der Waals surface area contributed by atoms with Gasteiger partial charge in [0, 0.05) is 34.9 Å². The predicted octanol–water partition coefficient (Wildman–Crippen LogP) is 4.89. The van der Waals surface area contributed by atoms with Gasteiger partial charge < -0.3 is 29.6 Å². The number of ether oxygens (including phenoxy) is 2. The van der Waals surface area contributed by atoms with Crippen LogP contribution in [0, 0.1) is 5.92 Å². The van der Waals surface area contributed by atoms with E-state index in [2.05, 4.69) is 5.32 Å². The molecule has 4 heterocycles. The van der Waals surface area contributed by atoms with Gasteiger partial charge in [0.2, 0.25) is 5.91 Å². The SMILES string of the molecule is C[C@H]1[C@H]([Si](C)(C)O)[C@@H](CC(=O)N2CCC[C@H]2CO)O[C@]12C(=O)Nc1ccc(N3C(=O)c4ccccc4Oc4ccccc43)cc12. The molecule has 1 spiro atoms. The third-order valence-electron chi connectivity index (χ3n) is 9.91. The van der Waals surface area contributed by atoms with Crippen LogP contribution in [0.1, 0.15) is 42.1 Å². The van der Waals surface area contributed by atoms with Crippen molar-refractivity contribution in [2.24, 2.45) is 5.92 Å². The van der Waals surface area contributed by atoms with E-state index in [0.29, 0.717) is 46.2 Å². The van der Waals surface area contributed by atoms with Crippen LogP contribution in [0.25, 0.3) is 0 Å². The normalized spacial score (nSPS) is 27.1. The van der Waals surface area contributed by atoms with E-state index in [1.807, 2.05) is 56.4 Å². The number of benzene rings is 3. The first-order valence-electron chi connectivity index (χ1n) is 15.5. The quantitative estimate of drug-likeness (QED) is 0.344. The average Bonchev–Trinajstić information content (AvgIpc) is 3.66. The minimum absolute atomic E-state index is 0.00133. The summed E-state index contributed by atoms with van der Waals surface area (Å²) >= 11 is 0. The van der Waals surface area contributed by atoms with Crippen LogP contribution in [0.2, 0.25) is 18.6 Å². The Morgan fingerprint density at radius 1 is 1.07 bits per heavy atom. The molecule has 0 aliphatic carbocycles. The van der Waals surface area contributed by atoms with Crippen molar-refractivity contribution in [1.82, 2.24) is 4.90 Å². The van der Waals surface area contributed by atoms with Crippen molar-refractivity contribution in [3.8, 4) is 11.5 Å². The monoisotopic (exact) mass is 627 g/mol. The van der Waals surface area contributed by atoms with Crippen LogP contribution in [0.3, 0.4) is 0 Å². The highest BCUT2D eigenvalue weighted by Crippen LogP contribution is 2.59. The Kier molecular flexibility index (Phi) is 7.12. The number of fused-ring (bicyclic) bond motifs is 4. The molecule has 45 heavy (non-hydrogen) atoms. The highest BCUT2D eigenvalue weighted by atomic mass is 28.4. The molecular weight excluding hydrogens is 590 g/mol. The zero-order valence-electron chi connectivity index (χ0n) is 25.5. The second kappa shape index (κ2) is 10.8. The van der Waals surface area contributed by atoms with Gasteiger partial charge in [-0.05, 0) is 68.4 Å². The second-order valence-corrected chi connectivity index (χ2v) is 17.0. The number of nitrogens with one attached hydrogen (secondary N) is 1. The summed E-state index contributed by atoms with van der Waals surface area (Å²) in [5.41, 5.74) is 0.700. The molecule has 2 fully saturated rings. The van der Waals surface area contributed by atoms with Crippen molar-refractivity contribution in [2.75, 3.05) is 23.4 Å². The van der Waals surface area contributed by atoms with Crippen molar-refractivity contribution in [2.45, 2.75) is 62.6 Å². The molecule has 3 N–H and O–H groups in total. The Bertz CT molecular complexity index is 1710. The molecule has 5 atom stereocenters. The summed E-state index contributed by atoms with van der Waals surface area (Å²) in [6.07, 6.45) is 0.849. The van der Waals surface area contributed by atoms with Gasteiger partial charge in [-0.1, -0.05) is 31.2 Å². The summed E-state index contributed by atoms with van der Waals surface area (Å²) < 4.78 is 12.9. The lowest BCUT2D eigenvalue weighted by Crippen LogP contribution is -2.44. The van der Waals surface area contributed by atoms with Crippen LogP contribution in [0.5, 0.6) is 11.5 Å². The second-order valence-electron chi connectivity index (χ2n) is 13.0. The average molecular weight is 628 g/mol. The van der Waals surface area contributed by atoms with Gasteiger partial charge in [0.1, 0.15) is 5.75 Å². The standard InChI is InChI=1S/C34H37N3O7Si/c1-20-31(45(2,3)42)29(18-30(39)36-16-8-9-22(36)19-38)44-34(20)24-17-21(14-15-25(24)35-33(34)41)37-26-11-5-7-13-28(26)43-27-12-6-4-10-23(27)32(37)40/h4-7,10-15,17,20,22,29,31,38,42H,8-9,16,18-19H2,1-3H3,(H,35,41)/t20-,22-,29+,31-,34+/m0/s1. The van der Waals surface area contributed by atoms with Gasteiger partial charge in [0.05, 0.1) is 36.4 Å². The fourth-order valence-electron chi connectivity index (χ4n) is 7.93. The lowest BCUT2D eigenvalue weighted by atomic mass is 9.82. The first-order valence-corrected chi connectivity index (χ1v) is 18.5. The fourth-order valence-corrected chi connectivity index (χ4v) is 10.5. The highest BCUT2D eigenvalue weighted by Gasteiger charge is 2.65. The van der Waals surface area contributed by atoms with E-state index in [0.717, 1.165) is 12.8 Å². The Morgan fingerprint density at radius 2 is 1.80 bits per heavy atom. The maximum absolute atomic E-state index is 14.1. The Labute approximate surface area is 262 Å². The zero-order chi connectivity index (χ0) is 31.7. The molecule has 0 bridgehead atoms. The van der Waals surface area contributed by atoms with Gasteiger partial charge in [0.15, 0.2) is 19.7 Å². The summed E-state index contributed by atoms with van der Waals surface area (Å²) in [7, 11) is -2.98. The summed E-state index contributed by atoms with van der Waals surface area (Å²) in [4.78, 5) is 56.4. The Morgan fingerprint density at radius 3 is 2.56 bits per heavy atom. The number of nitrogens with zero attached hydrogens (tertiary/aromatic N) is 2. The van der Waals surface area contributed by atoms with Gasteiger partial charge in [-0.15, -0.1) is 0 Å². The van der Waals surface area contributed by atoms with Crippen LogP contribution < -0.4 is 15.0 Å². The molecule has 4 aliphatic heterocycles. The van der Waals surface area contributed by atoms with Crippen LogP contribution in [0.15, 0.2) is 66.7 Å². The number of para-hydroxylation sites is 3. The summed E-state index contributed by atoms with van der Waals surface area (Å²) in [5.74, 6) is -0.293. The molecule has 10 nitrogen and oxygen atoms in total. The van der Waals surface area contributed by atoms with Gasteiger partial charge in [0.25, 0.3) is 11.8 Å². The largest absolute Gasteiger partial charge is 0.454 e. The smallest absolute Gasteiger partial charge is 0.266 e. The summed E-state index contributed by atoms with van der Waals surface area (Å²) in [5, 5.41) is 12.8. The molecule has 0 unspecified atom stereocenters. The Balaban J connectivity index is 1.31. The molecular formula is C34H37N3O7Si. The van der Waals surface area contributed by atoms with E-state index in [1.165, 1.54) is 0 Å².